The van der Waals surface area contributed by atoms with Crippen molar-refractivity contribution in [2.24, 2.45) is 5.92 Å². The van der Waals surface area contributed by atoms with E-state index in [1.807, 2.05) is 35.0 Å². The maximum Gasteiger partial charge on any atom is 0.308 e. The highest BCUT2D eigenvalue weighted by Crippen LogP contribution is 2.41. The minimum atomic E-state index is -0.881. The smallest absolute Gasteiger partial charge is 0.308 e. The van der Waals surface area contributed by atoms with Gasteiger partial charge in [0.15, 0.2) is 0 Å². The van der Waals surface area contributed by atoms with Gasteiger partial charge in [-0.15, -0.1) is 0 Å². The van der Waals surface area contributed by atoms with Crippen molar-refractivity contribution in [3.8, 4) is 5.75 Å². The van der Waals surface area contributed by atoms with E-state index in [2.05, 4.69) is 0 Å². The first-order valence-corrected chi connectivity index (χ1v) is 8.72. The number of benzene rings is 1. The average molecular weight is 345 g/mol. The topological polar surface area (TPSA) is 66.8 Å². The first kappa shape index (κ1) is 16.5. The molecule has 0 spiro atoms. The number of carboxylic acid groups (broad SMARTS) is 1. The van der Waals surface area contributed by atoms with E-state index in [1.165, 1.54) is 0 Å². The Morgan fingerprint density at radius 3 is 2.83 bits per heavy atom. The Hall–Kier alpha value is -2.34. The lowest BCUT2D eigenvalue weighted by atomic mass is 9.83. The number of aliphatic carboxylic acids is 1. The molecule has 1 aromatic heterocycles. The number of thiophene rings is 1. The minimum absolute atomic E-state index is 0.0189. The number of rotatable bonds is 5. The van der Waals surface area contributed by atoms with Crippen LogP contribution in [0.5, 0.6) is 5.75 Å². The van der Waals surface area contributed by atoms with E-state index in [4.69, 9.17) is 4.74 Å². The summed E-state index contributed by atoms with van der Waals surface area (Å²) in [4.78, 5) is 26.1. The van der Waals surface area contributed by atoms with Crippen LogP contribution < -0.4 is 4.74 Å². The highest BCUT2D eigenvalue weighted by Gasteiger charge is 2.41. The maximum absolute atomic E-state index is 12.6. The summed E-state index contributed by atoms with van der Waals surface area (Å²) in [6.07, 6.45) is 0.601. The fraction of sp³-hybridized carbons (Fsp3) is 0.333. The molecule has 0 aliphatic carbocycles. The van der Waals surface area contributed by atoms with Gasteiger partial charge in [-0.05, 0) is 34.9 Å². The quantitative estimate of drug-likeness (QED) is 0.903. The fourth-order valence-electron chi connectivity index (χ4n) is 3.27. The zero-order valence-corrected chi connectivity index (χ0v) is 14.2. The van der Waals surface area contributed by atoms with E-state index in [0.29, 0.717) is 18.7 Å². The van der Waals surface area contributed by atoms with Crippen LogP contribution in [0.25, 0.3) is 0 Å². The molecule has 1 N–H and O–H groups in total. The molecular weight excluding hydrogens is 326 g/mol. The van der Waals surface area contributed by atoms with Crippen LogP contribution in [-0.2, 0) is 16.1 Å². The van der Waals surface area contributed by atoms with E-state index in [0.717, 1.165) is 11.1 Å². The summed E-state index contributed by atoms with van der Waals surface area (Å²) >= 11 is 1.56. The Kier molecular flexibility index (Phi) is 4.85. The van der Waals surface area contributed by atoms with Crippen molar-refractivity contribution in [1.29, 1.82) is 0 Å². The molecule has 0 radical (unpaired) electrons. The molecule has 1 aliphatic rings. The van der Waals surface area contributed by atoms with Gasteiger partial charge in [-0.2, -0.15) is 11.3 Å². The number of carboxylic acids is 1. The summed E-state index contributed by atoms with van der Waals surface area (Å²) in [7, 11) is 1.56. The number of hydrogen-bond donors (Lipinski definition) is 1. The lowest BCUT2D eigenvalue weighted by molar-refractivity contribution is -0.152. The third-order valence-electron chi connectivity index (χ3n) is 4.41. The van der Waals surface area contributed by atoms with Crippen LogP contribution in [0.3, 0.4) is 0 Å². The molecule has 126 valence electrons. The molecule has 1 aliphatic heterocycles. The Labute approximate surface area is 144 Å². The van der Waals surface area contributed by atoms with Crippen LogP contribution >= 0.6 is 11.3 Å². The van der Waals surface area contributed by atoms with Crippen LogP contribution in [0.15, 0.2) is 41.1 Å². The molecule has 5 nitrogen and oxygen atoms in total. The summed E-state index contributed by atoms with van der Waals surface area (Å²) in [6.45, 7) is 0.412. The number of para-hydroxylation sites is 1. The molecule has 6 heteroatoms. The number of piperidine rings is 1. The Morgan fingerprint density at radius 1 is 1.38 bits per heavy atom. The molecule has 0 bridgehead atoms. The number of likely N-dealkylation sites (tertiary alicyclic amines) is 1. The van der Waals surface area contributed by atoms with E-state index < -0.39 is 17.9 Å². The molecule has 2 atom stereocenters. The normalized spacial score (nSPS) is 20.9. The number of amides is 1. The van der Waals surface area contributed by atoms with Gasteiger partial charge in [-0.1, -0.05) is 18.2 Å². The Bertz CT molecular complexity index is 728. The summed E-state index contributed by atoms with van der Waals surface area (Å²) in [5.74, 6) is -0.931. The second-order valence-corrected chi connectivity index (χ2v) is 6.60. The molecule has 1 aromatic carbocycles. The van der Waals surface area contributed by atoms with Crippen molar-refractivity contribution >= 4 is 23.2 Å². The largest absolute Gasteiger partial charge is 0.496 e. The highest BCUT2D eigenvalue weighted by molar-refractivity contribution is 7.07. The second kappa shape index (κ2) is 7.05. The van der Waals surface area contributed by atoms with Crippen molar-refractivity contribution in [1.82, 2.24) is 4.90 Å². The van der Waals surface area contributed by atoms with Crippen molar-refractivity contribution in [3.05, 3.63) is 52.2 Å². The number of carbonyl (C=O) groups excluding carboxylic acids is 1. The molecule has 0 unspecified atom stereocenters. The summed E-state index contributed by atoms with van der Waals surface area (Å²) < 4.78 is 5.42. The number of nitrogens with zero attached hydrogens (tertiary/aromatic N) is 1. The van der Waals surface area contributed by atoms with Gasteiger partial charge in [-0.25, -0.2) is 0 Å². The Morgan fingerprint density at radius 2 is 2.17 bits per heavy atom. The molecule has 2 aromatic rings. The van der Waals surface area contributed by atoms with Crippen LogP contribution in [0.2, 0.25) is 0 Å². The van der Waals surface area contributed by atoms with Gasteiger partial charge < -0.3 is 14.7 Å². The van der Waals surface area contributed by atoms with Gasteiger partial charge in [0.1, 0.15) is 5.75 Å². The molecule has 0 saturated carbocycles. The molecular formula is C18H19NO4S. The van der Waals surface area contributed by atoms with Crippen LogP contribution in [0.4, 0.5) is 0 Å². The van der Waals surface area contributed by atoms with Crippen molar-refractivity contribution in [2.45, 2.75) is 25.4 Å². The molecule has 1 saturated heterocycles. The van der Waals surface area contributed by atoms with Gasteiger partial charge in [-0.3, -0.25) is 9.59 Å². The SMILES string of the molecule is COc1ccccc1[C@@H]1[C@H](C(=O)O)CCC(=O)N1Cc1ccsc1. The average Bonchev–Trinajstić information content (AvgIpc) is 3.09. The minimum Gasteiger partial charge on any atom is -0.496 e. The van der Waals surface area contributed by atoms with Crippen LogP contribution in [-0.4, -0.2) is 29.0 Å². The molecule has 1 amide bonds. The van der Waals surface area contributed by atoms with Gasteiger partial charge in [0.05, 0.1) is 19.1 Å². The highest BCUT2D eigenvalue weighted by atomic mass is 32.1. The third-order valence-corrected chi connectivity index (χ3v) is 5.15. The van der Waals surface area contributed by atoms with Gasteiger partial charge in [0, 0.05) is 18.5 Å². The molecule has 1 fully saturated rings. The maximum atomic E-state index is 12.6. The van der Waals surface area contributed by atoms with Crippen LogP contribution in [0, 0.1) is 5.92 Å². The molecule has 3 rings (SSSR count). The lowest BCUT2D eigenvalue weighted by Crippen LogP contribution is -2.44. The first-order valence-electron chi connectivity index (χ1n) is 7.78. The van der Waals surface area contributed by atoms with Crippen LogP contribution in [0.1, 0.15) is 30.0 Å². The second-order valence-electron chi connectivity index (χ2n) is 5.82. The molecule has 24 heavy (non-hydrogen) atoms. The van der Waals surface area contributed by atoms with Crippen molar-refractivity contribution in [2.75, 3.05) is 7.11 Å². The summed E-state index contributed by atoms with van der Waals surface area (Å²) in [6, 6.07) is 8.76. The Balaban J connectivity index is 2.04. The predicted octanol–water partition coefficient (Wildman–Crippen LogP) is 3.32. The van der Waals surface area contributed by atoms with Crippen molar-refractivity contribution in [3.63, 3.8) is 0 Å². The zero-order valence-electron chi connectivity index (χ0n) is 13.3. The van der Waals surface area contributed by atoms with Gasteiger partial charge >= 0.3 is 5.97 Å². The molecule has 2 heterocycles. The van der Waals surface area contributed by atoms with E-state index in [-0.39, 0.29) is 12.3 Å². The number of ether oxygens (including phenoxy) is 1. The summed E-state index contributed by atoms with van der Waals surface area (Å²) in [5, 5.41) is 13.6. The van der Waals surface area contributed by atoms with Crippen molar-refractivity contribution < 1.29 is 19.4 Å². The predicted molar refractivity (Wildman–Crippen MR) is 91.0 cm³/mol. The number of hydrogen-bond acceptors (Lipinski definition) is 4. The van der Waals surface area contributed by atoms with E-state index >= 15 is 0 Å². The lowest BCUT2D eigenvalue weighted by Gasteiger charge is -2.40. The zero-order chi connectivity index (χ0) is 17.1. The fourth-order valence-corrected chi connectivity index (χ4v) is 3.93. The first-order chi connectivity index (χ1) is 11.6. The number of carbonyl (C=O) groups is 2. The summed E-state index contributed by atoms with van der Waals surface area (Å²) in [5.41, 5.74) is 1.76. The van der Waals surface area contributed by atoms with Gasteiger partial charge in [0.2, 0.25) is 5.91 Å². The third kappa shape index (κ3) is 3.14. The monoisotopic (exact) mass is 345 g/mol. The van der Waals surface area contributed by atoms with E-state index in [9.17, 15) is 14.7 Å². The van der Waals surface area contributed by atoms with E-state index in [1.54, 1.807) is 29.4 Å². The van der Waals surface area contributed by atoms with Gasteiger partial charge in [0.25, 0.3) is 0 Å². The standard InChI is InChI=1S/C18H19NO4S/c1-23-15-5-3-2-4-13(15)17-14(18(21)22)6-7-16(20)19(17)10-12-8-9-24-11-12/h2-5,8-9,11,14,17H,6-7,10H2,1H3,(H,21,22)/t14-,17-/m1/s1. The number of methoxy groups -OCH3 is 1.